The van der Waals surface area contributed by atoms with E-state index in [1.807, 2.05) is 0 Å². The minimum Gasteiger partial charge on any atom is -0.307 e. The summed E-state index contributed by atoms with van der Waals surface area (Å²) in [4.78, 5) is 0. The first kappa shape index (κ1) is 12.3. The Labute approximate surface area is 110 Å². The second-order valence-corrected chi connectivity index (χ2v) is 6.49. The smallest absolute Gasteiger partial charge is 0.0701 e. The number of nitrogens with one attached hydrogen (secondary N) is 1. The lowest BCUT2D eigenvalue weighted by molar-refractivity contribution is 0.565. The Kier molecular flexibility index (Phi) is 4.62. The summed E-state index contributed by atoms with van der Waals surface area (Å²) in [6.07, 6.45) is 7.64. The molecule has 0 fully saturated rings. The van der Waals surface area contributed by atoms with Crippen molar-refractivity contribution in [2.45, 2.75) is 38.6 Å². The molecule has 0 spiro atoms. The molecule has 0 radical (unpaired) electrons. The highest BCUT2D eigenvalue weighted by atomic mass is 79.9. The standard InChI is InChI=1S/C13H18BrNS/c1-2-15-13(10-6-4-3-5-7-10)11-8-12(14)16-9-11/h6,8-9,13,15H,2-5,7H2,1H3. The summed E-state index contributed by atoms with van der Waals surface area (Å²) in [5, 5.41) is 5.86. The number of thiophene rings is 1. The fraction of sp³-hybridized carbons (Fsp3) is 0.538. The highest BCUT2D eigenvalue weighted by Gasteiger charge is 2.18. The second-order valence-electron chi connectivity index (χ2n) is 4.20. The van der Waals surface area contributed by atoms with E-state index < -0.39 is 0 Å². The zero-order valence-corrected chi connectivity index (χ0v) is 12.0. The fourth-order valence-electron chi connectivity index (χ4n) is 2.27. The lowest BCUT2D eigenvalue weighted by Gasteiger charge is -2.23. The van der Waals surface area contributed by atoms with Crippen LogP contribution in [0.1, 0.15) is 44.2 Å². The van der Waals surface area contributed by atoms with Crippen LogP contribution in [0.4, 0.5) is 0 Å². The van der Waals surface area contributed by atoms with E-state index in [0.29, 0.717) is 6.04 Å². The normalized spacial score (nSPS) is 18.2. The molecule has 1 N–H and O–H groups in total. The van der Waals surface area contributed by atoms with Crippen LogP contribution in [-0.2, 0) is 0 Å². The molecule has 0 amide bonds. The topological polar surface area (TPSA) is 12.0 Å². The van der Waals surface area contributed by atoms with Gasteiger partial charge in [-0.1, -0.05) is 18.6 Å². The van der Waals surface area contributed by atoms with Gasteiger partial charge >= 0.3 is 0 Å². The number of rotatable bonds is 4. The molecule has 1 aromatic heterocycles. The molecule has 88 valence electrons. The van der Waals surface area contributed by atoms with E-state index >= 15 is 0 Å². The van der Waals surface area contributed by atoms with Crippen molar-refractivity contribution in [1.29, 1.82) is 0 Å². The molecule has 1 atom stereocenters. The van der Waals surface area contributed by atoms with Crippen LogP contribution in [0, 0.1) is 0 Å². The summed E-state index contributed by atoms with van der Waals surface area (Å²) >= 11 is 5.32. The number of likely N-dealkylation sites (N-methyl/N-ethyl adjacent to an activating group) is 1. The molecule has 16 heavy (non-hydrogen) atoms. The van der Waals surface area contributed by atoms with Crippen molar-refractivity contribution in [3.8, 4) is 0 Å². The van der Waals surface area contributed by atoms with Gasteiger partial charge < -0.3 is 5.32 Å². The minimum atomic E-state index is 0.438. The zero-order chi connectivity index (χ0) is 11.4. The van der Waals surface area contributed by atoms with Crippen LogP contribution in [0.15, 0.2) is 26.9 Å². The maximum absolute atomic E-state index is 3.60. The summed E-state index contributed by atoms with van der Waals surface area (Å²) in [7, 11) is 0. The van der Waals surface area contributed by atoms with Crippen molar-refractivity contribution >= 4 is 27.3 Å². The van der Waals surface area contributed by atoms with Crippen molar-refractivity contribution in [2.24, 2.45) is 0 Å². The molecule has 1 heterocycles. The van der Waals surface area contributed by atoms with Gasteiger partial charge in [0.25, 0.3) is 0 Å². The molecule has 1 aliphatic rings. The zero-order valence-electron chi connectivity index (χ0n) is 9.63. The van der Waals surface area contributed by atoms with Crippen molar-refractivity contribution in [1.82, 2.24) is 5.32 Å². The van der Waals surface area contributed by atoms with Crippen molar-refractivity contribution < 1.29 is 0 Å². The molecule has 1 aromatic rings. The fourth-order valence-corrected chi connectivity index (χ4v) is 3.47. The molecule has 1 nitrogen and oxygen atoms in total. The monoisotopic (exact) mass is 299 g/mol. The molecular formula is C13H18BrNS. The predicted octanol–water partition coefficient (Wildman–Crippen LogP) is 4.66. The van der Waals surface area contributed by atoms with Gasteiger partial charge in [-0.05, 0) is 65.2 Å². The van der Waals surface area contributed by atoms with Crippen LogP contribution in [0.25, 0.3) is 0 Å². The molecule has 0 bridgehead atoms. The molecule has 3 heteroatoms. The number of halogens is 1. The van der Waals surface area contributed by atoms with Crippen LogP contribution in [-0.4, -0.2) is 6.54 Å². The molecule has 2 rings (SSSR count). The van der Waals surface area contributed by atoms with Crippen LogP contribution >= 0.6 is 27.3 Å². The van der Waals surface area contributed by atoms with Gasteiger partial charge in [-0.15, -0.1) is 11.3 Å². The highest BCUT2D eigenvalue weighted by molar-refractivity contribution is 9.11. The van der Waals surface area contributed by atoms with Gasteiger partial charge in [0, 0.05) is 0 Å². The second kappa shape index (κ2) is 5.99. The third-order valence-corrected chi connectivity index (χ3v) is 4.55. The number of hydrogen-bond donors (Lipinski definition) is 1. The Balaban J connectivity index is 2.19. The van der Waals surface area contributed by atoms with E-state index in [1.54, 1.807) is 16.9 Å². The van der Waals surface area contributed by atoms with E-state index in [1.165, 1.54) is 35.0 Å². The summed E-state index contributed by atoms with van der Waals surface area (Å²) in [5.74, 6) is 0. The van der Waals surface area contributed by atoms with Crippen molar-refractivity contribution in [2.75, 3.05) is 6.54 Å². The minimum absolute atomic E-state index is 0.438. The Morgan fingerprint density at radius 1 is 1.50 bits per heavy atom. The van der Waals surface area contributed by atoms with Crippen LogP contribution in [0.3, 0.4) is 0 Å². The Bertz CT molecular complexity index is 370. The first-order chi connectivity index (χ1) is 7.81. The maximum Gasteiger partial charge on any atom is 0.0701 e. The summed E-state index contributed by atoms with van der Waals surface area (Å²) < 4.78 is 1.22. The van der Waals surface area contributed by atoms with Gasteiger partial charge in [-0.2, -0.15) is 0 Å². The van der Waals surface area contributed by atoms with Gasteiger partial charge in [0.2, 0.25) is 0 Å². The van der Waals surface area contributed by atoms with Gasteiger partial charge in [0.1, 0.15) is 0 Å². The SMILES string of the molecule is CCNC(C1=CCCCC1)c1csc(Br)c1. The number of allylic oxidation sites excluding steroid dienone is 1. The third-order valence-electron chi connectivity index (χ3n) is 3.03. The number of hydrogen-bond acceptors (Lipinski definition) is 2. The summed E-state index contributed by atoms with van der Waals surface area (Å²) in [5.41, 5.74) is 2.99. The first-order valence-corrected chi connectivity index (χ1v) is 7.64. The molecule has 0 saturated carbocycles. The highest BCUT2D eigenvalue weighted by Crippen LogP contribution is 2.33. The van der Waals surface area contributed by atoms with Crippen LogP contribution in [0.5, 0.6) is 0 Å². The molecule has 0 saturated heterocycles. The average molecular weight is 300 g/mol. The van der Waals surface area contributed by atoms with E-state index in [0.717, 1.165) is 6.54 Å². The van der Waals surface area contributed by atoms with Crippen molar-refractivity contribution in [3.63, 3.8) is 0 Å². The van der Waals surface area contributed by atoms with Crippen molar-refractivity contribution in [3.05, 3.63) is 32.4 Å². The van der Waals surface area contributed by atoms with E-state index in [-0.39, 0.29) is 0 Å². The Morgan fingerprint density at radius 2 is 2.38 bits per heavy atom. The van der Waals surface area contributed by atoms with Gasteiger partial charge in [0.15, 0.2) is 0 Å². The predicted molar refractivity (Wildman–Crippen MR) is 75.0 cm³/mol. The summed E-state index contributed by atoms with van der Waals surface area (Å²) in [6, 6.07) is 2.68. The molecule has 0 aliphatic heterocycles. The van der Waals surface area contributed by atoms with E-state index in [9.17, 15) is 0 Å². The molecule has 1 aliphatic carbocycles. The Hall–Kier alpha value is -0.120. The van der Waals surface area contributed by atoms with Crippen LogP contribution in [0.2, 0.25) is 0 Å². The van der Waals surface area contributed by atoms with E-state index in [2.05, 4.69) is 45.7 Å². The van der Waals surface area contributed by atoms with Crippen LogP contribution < -0.4 is 5.32 Å². The molecular weight excluding hydrogens is 282 g/mol. The third kappa shape index (κ3) is 2.96. The molecule has 0 aromatic carbocycles. The first-order valence-electron chi connectivity index (χ1n) is 5.97. The lowest BCUT2D eigenvalue weighted by atomic mass is 9.91. The molecule has 1 unspecified atom stereocenters. The summed E-state index contributed by atoms with van der Waals surface area (Å²) in [6.45, 7) is 3.20. The Morgan fingerprint density at radius 3 is 2.94 bits per heavy atom. The van der Waals surface area contributed by atoms with Gasteiger partial charge in [-0.25, -0.2) is 0 Å². The largest absolute Gasteiger partial charge is 0.307 e. The lowest BCUT2D eigenvalue weighted by Crippen LogP contribution is -2.23. The van der Waals surface area contributed by atoms with E-state index in [4.69, 9.17) is 0 Å². The average Bonchev–Trinajstić information content (AvgIpc) is 2.74. The van der Waals surface area contributed by atoms with Gasteiger partial charge in [-0.3, -0.25) is 0 Å². The van der Waals surface area contributed by atoms with Gasteiger partial charge in [0.05, 0.1) is 9.83 Å². The maximum atomic E-state index is 3.60. The quantitative estimate of drug-likeness (QED) is 0.797.